The quantitative estimate of drug-likeness (QED) is 0.929. The molecule has 1 aliphatic carbocycles. The van der Waals surface area contributed by atoms with E-state index in [1.54, 1.807) is 7.11 Å². The summed E-state index contributed by atoms with van der Waals surface area (Å²) in [6.45, 7) is 0. The van der Waals surface area contributed by atoms with Gasteiger partial charge in [-0.1, -0.05) is 37.5 Å². The zero-order chi connectivity index (χ0) is 14.0. The molecule has 0 aliphatic heterocycles. The molecule has 1 saturated carbocycles. The lowest BCUT2D eigenvalue weighted by Gasteiger charge is -2.37. The predicted molar refractivity (Wildman–Crippen MR) is 83.4 cm³/mol. The topological polar surface area (TPSA) is 48.1 Å². The molecule has 0 atom stereocenters. The van der Waals surface area contributed by atoms with Crippen LogP contribution in [-0.4, -0.2) is 12.1 Å². The molecule has 2 N–H and O–H groups in total. The first-order valence-electron chi connectivity index (χ1n) is 7.11. The van der Waals surface area contributed by atoms with Crippen molar-refractivity contribution in [3.8, 4) is 5.75 Å². The standard InChI is InChI=1S/C16H20N2OS/c1-19-13-8-4-3-7-12(13)16(9-5-2-6-10-16)14-11-20-15(17)18-14/h3-4,7-8,11H,2,5-6,9-10H2,1H3,(H2,17,18). The smallest absolute Gasteiger partial charge is 0.180 e. The van der Waals surface area contributed by atoms with Crippen LogP contribution in [0.25, 0.3) is 0 Å². The third kappa shape index (κ3) is 2.18. The lowest BCUT2D eigenvalue weighted by molar-refractivity contribution is 0.322. The number of anilines is 1. The Morgan fingerprint density at radius 3 is 2.60 bits per heavy atom. The molecule has 1 heterocycles. The maximum atomic E-state index is 5.87. The van der Waals surface area contributed by atoms with Gasteiger partial charge in [0, 0.05) is 16.4 Å². The van der Waals surface area contributed by atoms with Crippen molar-refractivity contribution in [3.05, 3.63) is 40.9 Å². The Morgan fingerprint density at radius 2 is 1.95 bits per heavy atom. The Balaban J connectivity index is 2.15. The first kappa shape index (κ1) is 13.4. The second-order valence-corrected chi connectivity index (χ2v) is 6.30. The van der Waals surface area contributed by atoms with Crippen molar-refractivity contribution in [1.29, 1.82) is 0 Å². The minimum absolute atomic E-state index is 0.0288. The van der Waals surface area contributed by atoms with Gasteiger partial charge in [-0.2, -0.15) is 0 Å². The largest absolute Gasteiger partial charge is 0.496 e. The fourth-order valence-corrected chi connectivity index (χ4v) is 4.03. The van der Waals surface area contributed by atoms with E-state index in [0.717, 1.165) is 24.3 Å². The van der Waals surface area contributed by atoms with Gasteiger partial charge in [-0.15, -0.1) is 11.3 Å². The maximum Gasteiger partial charge on any atom is 0.180 e. The van der Waals surface area contributed by atoms with Crippen LogP contribution < -0.4 is 10.5 Å². The van der Waals surface area contributed by atoms with Crippen LogP contribution in [0, 0.1) is 0 Å². The molecule has 2 aromatic rings. The summed E-state index contributed by atoms with van der Waals surface area (Å²) < 4.78 is 5.60. The summed E-state index contributed by atoms with van der Waals surface area (Å²) >= 11 is 1.53. The number of hydrogen-bond acceptors (Lipinski definition) is 4. The molecule has 0 radical (unpaired) electrons. The minimum atomic E-state index is -0.0288. The lowest BCUT2D eigenvalue weighted by Crippen LogP contribution is -2.31. The molecule has 3 nitrogen and oxygen atoms in total. The molecule has 1 aromatic heterocycles. The van der Waals surface area contributed by atoms with Crippen LogP contribution in [0.4, 0.5) is 5.13 Å². The Bertz CT molecular complexity index is 588. The van der Waals surface area contributed by atoms with Crippen molar-refractivity contribution >= 4 is 16.5 Å². The first-order valence-corrected chi connectivity index (χ1v) is 7.99. The zero-order valence-corrected chi connectivity index (χ0v) is 12.6. The summed E-state index contributed by atoms with van der Waals surface area (Å²) in [7, 11) is 1.74. The second kappa shape index (κ2) is 5.44. The van der Waals surface area contributed by atoms with Crippen molar-refractivity contribution in [2.45, 2.75) is 37.5 Å². The average Bonchev–Trinajstić information content (AvgIpc) is 2.95. The van der Waals surface area contributed by atoms with Crippen LogP contribution in [-0.2, 0) is 5.41 Å². The number of thiazole rings is 1. The Labute approximate surface area is 123 Å². The number of nitrogens with zero attached hydrogens (tertiary/aromatic N) is 1. The highest BCUT2D eigenvalue weighted by Gasteiger charge is 2.39. The van der Waals surface area contributed by atoms with Gasteiger partial charge in [-0.3, -0.25) is 0 Å². The molecule has 0 spiro atoms. The highest BCUT2D eigenvalue weighted by molar-refractivity contribution is 7.13. The van der Waals surface area contributed by atoms with Crippen molar-refractivity contribution in [2.24, 2.45) is 0 Å². The number of para-hydroxylation sites is 1. The van der Waals surface area contributed by atoms with E-state index < -0.39 is 0 Å². The van der Waals surface area contributed by atoms with E-state index in [2.05, 4.69) is 22.5 Å². The molecule has 1 fully saturated rings. The van der Waals surface area contributed by atoms with Gasteiger partial charge in [0.2, 0.25) is 0 Å². The number of rotatable bonds is 3. The zero-order valence-electron chi connectivity index (χ0n) is 11.8. The van der Waals surface area contributed by atoms with Crippen LogP contribution in [0.5, 0.6) is 5.75 Å². The fraction of sp³-hybridized carbons (Fsp3) is 0.438. The van der Waals surface area contributed by atoms with E-state index in [1.165, 1.54) is 36.2 Å². The number of methoxy groups -OCH3 is 1. The van der Waals surface area contributed by atoms with E-state index in [-0.39, 0.29) is 5.41 Å². The van der Waals surface area contributed by atoms with Crippen LogP contribution in [0.2, 0.25) is 0 Å². The maximum absolute atomic E-state index is 5.87. The van der Waals surface area contributed by atoms with Crippen LogP contribution in [0.3, 0.4) is 0 Å². The van der Waals surface area contributed by atoms with E-state index in [9.17, 15) is 0 Å². The average molecular weight is 288 g/mol. The van der Waals surface area contributed by atoms with Crippen molar-refractivity contribution in [3.63, 3.8) is 0 Å². The molecule has 1 aromatic carbocycles. The third-order valence-electron chi connectivity index (χ3n) is 4.34. The number of hydrogen-bond donors (Lipinski definition) is 1. The second-order valence-electron chi connectivity index (χ2n) is 5.41. The molecule has 0 amide bonds. The number of nitrogen functional groups attached to an aromatic ring is 1. The molecule has 106 valence electrons. The fourth-order valence-electron chi connectivity index (χ4n) is 3.37. The molecule has 3 rings (SSSR count). The first-order chi connectivity index (χ1) is 9.76. The van der Waals surface area contributed by atoms with Gasteiger partial charge >= 0.3 is 0 Å². The van der Waals surface area contributed by atoms with Gasteiger partial charge in [-0.25, -0.2) is 4.98 Å². The van der Waals surface area contributed by atoms with Gasteiger partial charge in [-0.05, 0) is 18.9 Å². The Kier molecular flexibility index (Phi) is 3.66. The van der Waals surface area contributed by atoms with Crippen LogP contribution in [0.15, 0.2) is 29.6 Å². The Hall–Kier alpha value is -1.55. The van der Waals surface area contributed by atoms with E-state index in [1.807, 2.05) is 12.1 Å². The van der Waals surface area contributed by atoms with E-state index in [4.69, 9.17) is 10.5 Å². The van der Waals surface area contributed by atoms with Crippen LogP contribution in [0.1, 0.15) is 43.4 Å². The minimum Gasteiger partial charge on any atom is -0.496 e. The highest BCUT2D eigenvalue weighted by Crippen LogP contribution is 2.48. The summed E-state index contributed by atoms with van der Waals surface area (Å²) in [5, 5.41) is 2.77. The molecule has 1 aliphatic rings. The molecular formula is C16H20N2OS. The number of aromatic nitrogens is 1. The van der Waals surface area contributed by atoms with Crippen molar-refractivity contribution in [1.82, 2.24) is 4.98 Å². The summed E-state index contributed by atoms with van der Waals surface area (Å²) in [6.07, 6.45) is 6.01. The summed E-state index contributed by atoms with van der Waals surface area (Å²) in [5.74, 6) is 0.959. The van der Waals surface area contributed by atoms with Crippen molar-refractivity contribution in [2.75, 3.05) is 12.8 Å². The van der Waals surface area contributed by atoms with E-state index in [0.29, 0.717) is 5.13 Å². The van der Waals surface area contributed by atoms with E-state index >= 15 is 0 Å². The summed E-state index contributed by atoms with van der Waals surface area (Å²) in [5.41, 5.74) is 8.21. The van der Waals surface area contributed by atoms with Gasteiger partial charge in [0.15, 0.2) is 5.13 Å². The monoisotopic (exact) mass is 288 g/mol. The molecule has 0 saturated heterocycles. The molecule has 20 heavy (non-hydrogen) atoms. The number of nitrogens with two attached hydrogens (primary N) is 1. The van der Waals surface area contributed by atoms with Gasteiger partial charge in [0.05, 0.1) is 12.8 Å². The summed E-state index contributed by atoms with van der Waals surface area (Å²) in [4.78, 5) is 4.60. The number of benzene rings is 1. The summed E-state index contributed by atoms with van der Waals surface area (Å²) in [6, 6.07) is 8.33. The SMILES string of the molecule is COc1ccccc1C1(c2csc(N)n2)CCCCC1. The van der Waals surface area contributed by atoms with Crippen molar-refractivity contribution < 1.29 is 4.74 Å². The van der Waals surface area contributed by atoms with Gasteiger partial charge in [0.25, 0.3) is 0 Å². The molecule has 4 heteroatoms. The van der Waals surface area contributed by atoms with Crippen LogP contribution >= 0.6 is 11.3 Å². The molecule has 0 bridgehead atoms. The Morgan fingerprint density at radius 1 is 1.20 bits per heavy atom. The lowest BCUT2D eigenvalue weighted by atomic mass is 9.67. The highest BCUT2D eigenvalue weighted by atomic mass is 32.1. The normalized spacial score (nSPS) is 17.9. The molecular weight excluding hydrogens is 268 g/mol. The number of ether oxygens (including phenoxy) is 1. The third-order valence-corrected chi connectivity index (χ3v) is 5.02. The molecule has 0 unspecified atom stereocenters. The van der Waals surface area contributed by atoms with Gasteiger partial charge in [0.1, 0.15) is 5.75 Å². The predicted octanol–water partition coefficient (Wildman–Crippen LogP) is 3.98. The van der Waals surface area contributed by atoms with Gasteiger partial charge < -0.3 is 10.5 Å².